The lowest BCUT2D eigenvalue weighted by Gasteiger charge is -2.15. The zero-order chi connectivity index (χ0) is 14.8. The van der Waals surface area contributed by atoms with Crippen molar-refractivity contribution < 1.29 is 23.0 Å². The molecule has 2 aromatic rings. The van der Waals surface area contributed by atoms with Gasteiger partial charge in [0.2, 0.25) is 0 Å². The number of aliphatic hydroxyl groups excluding tert-OH is 1. The Labute approximate surface area is 113 Å². The first-order chi connectivity index (χ1) is 9.43. The van der Waals surface area contributed by atoms with Crippen LogP contribution in [0.4, 0.5) is 13.2 Å². The van der Waals surface area contributed by atoms with Crippen molar-refractivity contribution in [2.24, 2.45) is 0 Å². The molecule has 0 aliphatic heterocycles. The minimum atomic E-state index is -4.44. The minimum Gasteiger partial charge on any atom is -0.496 e. The Kier molecular flexibility index (Phi) is 3.94. The van der Waals surface area contributed by atoms with E-state index in [1.165, 1.54) is 7.11 Å². The normalized spacial score (nSPS) is 13.1. The molecule has 1 unspecified atom stereocenters. The number of benzene rings is 1. The molecular weight excluding hydrogens is 271 g/mol. The molecule has 6 heteroatoms. The van der Waals surface area contributed by atoms with Gasteiger partial charge in [-0.05, 0) is 18.2 Å². The highest BCUT2D eigenvalue weighted by atomic mass is 19.4. The first-order valence-corrected chi connectivity index (χ1v) is 5.77. The van der Waals surface area contributed by atoms with Crippen LogP contribution in [0.5, 0.6) is 5.75 Å². The fourth-order valence-corrected chi connectivity index (χ4v) is 1.79. The Morgan fingerprint density at radius 2 is 1.85 bits per heavy atom. The van der Waals surface area contributed by atoms with Gasteiger partial charge >= 0.3 is 6.18 Å². The van der Waals surface area contributed by atoms with Crippen LogP contribution in [0.1, 0.15) is 22.9 Å². The molecule has 1 N–H and O–H groups in total. The maximum absolute atomic E-state index is 12.4. The van der Waals surface area contributed by atoms with Crippen LogP contribution in [0, 0.1) is 0 Å². The van der Waals surface area contributed by atoms with Crippen LogP contribution >= 0.6 is 0 Å². The Balaban J connectivity index is 2.32. The topological polar surface area (TPSA) is 42.4 Å². The molecule has 0 radical (unpaired) electrons. The lowest BCUT2D eigenvalue weighted by Crippen LogP contribution is -2.08. The van der Waals surface area contributed by atoms with Gasteiger partial charge in [0, 0.05) is 11.8 Å². The summed E-state index contributed by atoms with van der Waals surface area (Å²) >= 11 is 0. The van der Waals surface area contributed by atoms with Gasteiger partial charge in [-0.3, -0.25) is 4.98 Å². The van der Waals surface area contributed by atoms with E-state index in [0.717, 1.165) is 12.1 Å². The summed E-state index contributed by atoms with van der Waals surface area (Å²) in [4.78, 5) is 3.67. The van der Waals surface area contributed by atoms with Crippen LogP contribution < -0.4 is 4.74 Å². The van der Waals surface area contributed by atoms with Crippen LogP contribution in [0.3, 0.4) is 0 Å². The Bertz CT molecular complexity index is 582. The molecule has 0 aliphatic rings. The van der Waals surface area contributed by atoms with Crippen molar-refractivity contribution in [3.8, 4) is 5.75 Å². The molecule has 1 aromatic heterocycles. The van der Waals surface area contributed by atoms with Crippen molar-refractivity contribution in [3.05, 3.63) is 59.4 Å². The minimum absolute atomic E-state index is 0.127. The van der Waals surface area contributed by atoms with E-state index in [1.807, 2.05) is 0 Å². The van der Waals surface area contributed by atoms with Crippen molar-refractivity contribution in [1.29, 1.82) is 0 Å². The third kappa shape index (κ3) is 2.91. The number of ether oxygens (including phenoxy) is 1. The van der Waals surface area contributed by atoms with Crippen LogP contribution in [0.2, 0.25) is 0 Å². The lowest BCUT2D eigenvalue weighted by molar-refractivity contribution is -0.137. The highest BCUT2D eigenvalue weighted by molar-refractivity contribution is 5.38. The van der Waals surface area contributed by atoms with Crippen molar-refractivity contribution in [2.75, 3.05) is 7.11 Å². The Hall–Kier alpha value is -2.08. The average Bonchev–Trinajstić information content (AvgIpc) is 2.45. The molecule has 20 heavy (non-hydrogen) atoms. The molecule has 1 heterocycles. The summed E-state index contributed by atoms with van der Waals surface area (Å²) < 4.78 is 42.4. The van der Waals surface area contributed by atoms with Gasteiger partial charge in [-0.2, -0.15) is 13.2 Å². The second-order valence-electron chi connectivity index (χ2n) is 4.11. The third-order valence-electron chi connectivity index (χ3n) is 2.83. The fraction of sp³-hybridized carbons (Fsp3) is 0.214. The van der Waals surface area contributed by atoms with Gasteiger partial charge in [0.15, 0.2) is 0 Å². The molecule has 1 aromatic carbocycles. The van der Waals surface area contributed by atoms with Gasteiger partial charge in [-0.15, -0.1) is 0 Å². The molecule has 3 nitrogen and oxygen atoms in total. The van der Waals surface area contributed by atoms with E-state index in [2.05, 4.69) is 4.98 Å². The first-order valence-electron chi connectivity index (χ1n) is 5.77. The molecular formula is C14H12F3NO2. The van der Waals surface area contributed by atoms with Gasteiger partial charge in [0.1, 0.15) is 11.9 Å². The maximum Gasteiger partial charge on any atom is 0.417 e. The molecule has 0 fully saturated rings. The number of para-hydroxylation sites is 1. The van der Waals surface area contributed by atoms with E-state index in [9.17, 15) is 18.3 Å². The smallest absolute Gasteiger partial charge is 0.417 e. The summed E-state index contributed by atoms with van der Waals surface area (Å²) in [7, 11) is 1.45. The lowest BCUT2D eigenvalue weighted by atomic mass is 10.0. The molecule has 0 amide bonds. The zero-order valence-corrected chi connectivity index (χ0v) is 10.6. The average molecular weight is 283 g/mol. The number of nitrogens with zero attached hydrogens (tertiary/aromatic N) is 1. The van der Waals surface area contributed by atoms with Crippen LogP contribution in [0.25, 0.3) is 0 Å². The maximum atomic E-state index is 12.4. The van der Waals surface area contributed by atoms with Gasteiger partial charge < -0.3 is 9.84 Å². The summed E-state index contributed by atoms with van der Waals surface area (Å²) in [5.41, 5.74) is -0.279. The summed E-state index contributed by atoms with van der Waals surface area (Å²) in [5.74, 6) is 0.446. The van der Waals surface area contributed by atoms with Crippen molar-refractivity contribution in [1.82, 2.24) is 4.98 Å². The summed E-state index contributed by atoms with van der Waals surface area (Å²) in [6.07, 6.45) is -4.89. The molecule has 106 valence electrons. The number of alkyl halides is 3. The van der Waals surface area contributed by atoms with Crippen LogP contribution in [-0.2, 0) is 6.18 Å². The van der Waals surface area contributed by atoms with Crippen LogP contribution in [0.15, 0.2) is 42.6 Å². The number of halogens is 3. The number of aliphatic hydroxyl groups is 1. The van der Waals surface area contributed by atoms with Crippen LogP contribution in [-0.4, -0.2) is 17.2 Å². The Morgan fingerprint density at radius 1 is 1.15 bits per heavy atom. The van der Waals surface area contributed by atoms with Gasteiger partial charge in [0.05, 0.1) is 18.4 Å². The third-order valence-corrected chi connectivity index (χ3v) is 2.83. The SMILES string of the molecule is COc1ccccc1C(O)c1ccc(C(F)(F)F)cn1. The molecule has 2 rings (SSSR count). The van der Waals surface area contributed by atoms with Gasteiger partial charge in [0.25, 0.3) is 0 Å². The summed E-state index contributed by atoms with van der Waals surface area (Å²) in [6.45, 7) is 0. The standard InChI is InChI=1S/C14H12F3NO2/c1-20-12-5-3-2-4-10(12)13(19)11-7-6-9(8-18-11)14(15,16)17/h2-8,13,19H,1H3. The van der Waals surface area contributed by atoms with Crippen molar-refractivity contribution in [3.63, 3.8) is 0 Å². The Morgan fingerprint density at radius 3 is 2.40 bits per heavy atom. The highest BCUT2D eigenvalue weighted by Crippen LogP contribution is 2.31. The highest BCUT2D eigenvalue weighted by Gasteiger charge is 2.31. The second-order valence-corrected chi connectivity index (χ2v) is 4.11. The van der Waals surface area contributed by atoms with Crippen molar-refractivity contribution >= 4 is 0 Å². The monoisotopic (exact) mass is 283 g/mol. The van der Waals surface area contributed by atoms with E-state index < -0.39 is 17.8 Å². The van der Waals surface area contributed by atoms with Crippen molar-refractivity contribution in [2.45, 2.75) is 12.3 Å². The number of methoxy groups -OCH3 is 1. The molecule has 1 atom stereocenters. The zero-order valence-electron chi connectivity index (χ0n) is 10.6. The quantitative estimate of drug-likeness (QED) is 0.940. The van der Waals surface area contributed by atoms with Gasteiger partial charge in [-0.1, -0.05) is 18.2 Å². The second kappa shape index (κ2) is 5.50. The number of aromatic nitrogens is 1. The molecule has 0 bridgehead atoms. The van der Waals surface area contributed by atoms with E-state index >= 15 is 0 Å². The fourth-order valence-electron chi connectivity index (χ4n) is 1.79. The van der Waals surface area contributed by atoms with E-state index in [1.54, 1.807) is 24.3 Å². The molecule has 0 saturated heterocycles. The molecule has 0 spiro atoms. The number of pyridine rings is 1. The summed E-state index contributed by atoms with van der Waals surface area (Å²) in [5, 5.41) is 10.2. The predicted molar refractivity (Wildman–Crippen MR) is 66.3 cm³/mol. The van der Waals surface area contributed by atoms with E-state index in [-0.39, 0.29) is 5.69 Å². The molecule has 0 aliphatic carbocycles. The largest absolute Gasteiger partial charge is 0.496 e. The first kappa shape index (κ1) is 14.3. The molecule has 0 saturated carbocycles. The number of hydrogen-bond acceptors (Lipinski definition) is 3. The number of rotatable bonds is 3. The summed E-state index contributed by atoms with van der Waals surface area (Å²) in [6, 6.07) is 8.76. The number of hydrogen-bond donors (Lipinski definition) is 1. The predicted octanol–water partition coefficient (Wildman–Crippen LogP) is 3.19. The van der Waals surface area contributed by atoms with E-state index in [4.69, 9.17) is 4.74 Å². The van der Waals surface area contributed by atoms with Gasteiger partial charge in [-0.25, -0.2) is 0 Å². The van der Waals surface area contributed by atoms with E-state index in [0.29, 0.717) is 17.5 Å².